The van der Waals surface area contributed by atoms with Crippen molar-refractivity contribution in [3.8, 4) is 0 Å². The topological polar surface area (TPSA) is 92.2 Å². The number of imide groups is 1. The van der Waals surface area contributed by atoms with Gasteiger partial charge < -0.3 is 10.2 Å². The van der Waals surface area contributed by atoms with Crippen molar-refractivity contribution in [2.24, 2.45) is 0 Å². The van der Waals surface area contributed by atoms with Crippen molar-refractivity contribution >= 4 is 35.3 Å². The monoisotopic (exact) mass is 428 g/mol. The molecule has 0 radical (unpaired) electrons. The highest BCUT2D eigenvalue weighted by molar-refractivity contribution is 7.99. The lowest BCUT2D eigenvalue weighted by molar-refractivity contribution is -0.117. The number of thioether (sulfide) groups is 1. The van der Waals surface area contributed by atoms with E-state index < -0.39 is 6.03 Å². The quantitative estimate of drug-likeness (QED) is 0.682. The molecule has 1 aliphatic carbocycles. The standard InChI is InChI=1S/C21H28N6O2S/c1-14-6-9-17(15(2)12-14)22-19(29)23-18(28)13-30-21-25-24-20(27(21)16-7-8-16)26-10-4-3-5-11-26/h6,9,12,16H,3-5,7-8,10-11,13H2,1-2H3,(H2,22,23,28,29). The maximum absolute atomic E-state index is 12.3. The van der Waals surface area contributed by atoms with Gasteiger partial charge in [0.1, 0.15) is 0 Å². The number of aromatic nitrogens is 3. The summed E-state index contributed by atoms with van der Waals surface area (Å²) in [7, 11) is 0. The van der Waals surface area contributed by atoms with Crippen molar-refractivity contribution in [1.29, 1.82) is 0 Å². The van der Waals surface area contributed by atoms with Gasteiger partial charge >= 0.3 is 6.03 Å². The average Bonchev–Trinajstić information content (AvgIpc) is 3.48. The fraction of sp³-hybridized carbons (Fsp3) is 0.524. The van der Waals surface area contributed by atoms with E-state index in [2.05, 4.69) is 30.3 Å². The molecule has 2 N–H and O–H groups in total. The summed E-state index contributed by atoms with van der Waals surface area (Å²) in [5.74, 6) is 0.686. The Balaban J connectivity index is 1.33. The molecule has 9 heteroatoms. The molecule has 1 aromatic heterocycles. The zero-order chi connectivity index (χ0) is 21.1. The van der Waals surface area contributed by atoms with Gasteiger partial charge in [-0.1, -0.05) is 29.5 Å². The molecule has 1 saturated carbocycles. The largest absolute Gasteiger partial charge is 0.341 e. The molecule has 1 aliphatic heterocycles. The Hall–Kier alpha value is -2.55. The van der Waals surface area contributed by atoms with Crippen LogP contribution in [0.15, 0.2) is 23.4 Å². The number of benzene rings is 1. The lowest BCUT2D eigenvalue weighted by atomic mass is 10.1. The highest BCUT2D eigenvalue weighted by Gasteiger charge is 2.32. The maximum atomic E-state index is 12.3. The van der Waals surface area contributed by atoms with E-state index in [1.807, 2.05) is 32.0 Å². The van der Waals surface area contributed by atoms with Gasteiger partial charge in [0.25, 0.3) is 0 Å². The first-order valence-corrected chi connectivity index (χ1v) is 11.5. The third-order valence-corrected chi connectivity index (χ3v) is 6.36. The molecule has 0 unspecified atom stereocenters. The van der Waals surface area contributed by atoms with Crippen molar-refractivity contribution in [3.63, 3.8) is 0 Å². The van der Waals surface area contributed by atoms with E-state index in [-0.39, 0.29) is 11.7 Å². The molecule has 2 aromatic rings. The number of nitrogens with zero attached hydrogens (tertiary/aromatic N) is 4. The average molecular weight is 429 g/mol. The fourth-order valence-corrected chi connectivity index (χ4v) is 4.53. The summed E-state index contributed by atoms with van der Waals surface area (Å²) < 4.78 is 2.18. The number of urea groups is 1. The van der Waals surface area contributed by atoms with Crippen molar-refractivity contribution < 1.29 is 9.59 Å². The van der Waals surface area contributed by atoms with Crippen molar-refractivity contribution in [2.45, 2.75) is 57.1 Å². The second-order valence-electron chi connectivity index (χ2n) is 8.04. The third-order valence-electron chi connectivity index (χ3n) is 5.41. The molecule has 1 aromatic carbocycles. The first-order chi connectivity index (χ1) is 14.5. The summed E-state index contributed by atoms with van der Waals surface area (Å²) in [6, 6.07) is 5.65. The third kappa shape index (κ3) is 4.95. The van der Waals surface area contributed by atoms with Gasteiger partial charge in [-0.2, -0.15) is 0 Å². The van der Waals surface area contributed by atoms with Gasteiger partial charge in [-0.15, -0.1) is 10.2 Å². The van der Waals surface area contributed by atoms with Crippen LogP contribution < -0.4 is 15.5 Å². The lowest BCUT2D eigenvalue weighted by Gasteiger charge is -2.27. The summed E-state index contributed by atoms with van der Waals surface area (Å²) in [6.07, 6.45) is 5.86. The summed E-state index contributed by atoms with van der Waals surface area (Å²) >= 11 is 1.33. The number of carbonyl (C=O) groups is 2. The highest BCUT2D eigenvalue weighted by atomic mass is 32.2. The van der Waals surface area contributed by atoms with E-state index in [1.165, 1.54) is 31.0 Å². The van der Waals surface area contributed by atoms with Crippen LogP contribution >= 0.6 is 11.8 Å². The van der Waals surface area contributed by atoms with Gasteiger partial charge in [0.05, 0.1) is 5.75 Å². The Kier molecular flexibility index (Phi) is 6.26. The number of anilines is 2. The van der Waals surface area contributed by atoms with Crippen LogP contribution in [0.1, 0.15) is 49.3 Å². The van der Waals surface area contributed by atoms with E-state index in [0.717, 1.165) is 48.2 Å². The van der Waals surface area contributed by atoms with E-state index in [9.17, 15) is 9.59 Å². The molecule has 2 fully saturated rings. The molecule has 30 heavy (non-hydrogen) atoms. The second-order valence-corrected chi connectivity index (χ2v) is 8.98. The van der Waals surface area contributed by atoms with Crippen molar-refractivity contribution in [1.82, 2.24) is 20.1 Å². The molecule has 2 heterocycles. The Bertz CT molecular complexity index is 934. The van der Waals surface area contributed by atoms with Crippen molar-refractivity contribution in [2.75, 3.05) is 29.1 Å². The summed E-state index contributed by atoms with van der Waals surface area (Å²) in [4.78, 5) is 26.8. The zero-order valence-electron chi connectivity index (χ0n) is 17.5. The van der Waals surface area contributed by atoms with Gasteiger partial charge in [-0.05, 0) is 57.6 Å². The number of aryl methyl sites for hydroxylation is 2. The van der Waals surface area contributed by atoms with E-state index >= 15 is 0 Å². The normalized spacial score (nSPS) is 16.4. The number of piperidine rings is 1. The number of hydrogen-bond donors (Lipinski definition) is 2. The van der Waals surface area contributed by atoms with Crippen LogP contribution in [-0.4, -0.2) is 45.5 Å². The number of carbonyl (C=O) groups excluding carboxylic acids is 2. The van der Waals surface area contributed by atoms with E-state index in [0.29, 0.717) is 11.7 Å². The van der Waals surface area contributed by atoms with Crippen LogP contribution in [0, 0.1) is 13.8 Å². The molecule has 8 nitrogen and oxygen atoms in total. The lowest BCUT2D eigenvalue weighted by Crippen LogP contribution is -2.35. The zero-order valence-corrected chi connectivity index (χ0v) is 18.3. The number of nitrogens with one attached hydrogen (secondary N) is 2. The highest BCUT2D eigenvalue weighted by Crippen LogP contribution is 2.41. The van der Waals surface area contributed by atoms with Gasteiger partial charge in [0.15, 0.2) is 5.16 Å². The second kappa shape index (κ2) is 9.07. The number of amides is 3. The molecule has 160 valence electrons. The fourth-order valence-electron chi connectivity index (χ4n) is 3.73. The smallest absolute Gasteiger partial charge is 0.325 e. The van der Waals surface area contributed by atoms with E-state index in [1.54, 1.807) is 0 Å². The number of hydrogen-bond acceptors (Lipinski definition) is 6. The maximum Gasteiger partial charge on any atom is 0.325 e. The van der Waals surface area contributed by atoms with Gasteiger partial charge in [-0.25, -0.2) is 4.79 Å². The van der Waals surface area contributed by atoms with Crippen LogP contribution in [0.25, 0.3) is 0 Å². The summed E-state index contributed by atoms with van der Waals surface area (Å²) in [5, 5.41) is 14.6. The molecular formula is C21H28N6O2S. The molecule has 0 bridgehead atoms. The SMILES string of the molecule is Cc1ccc(NC(=O)NC(=O)CSc2nnc(N3CCCCC3)n2C2CC2)c(C)c1. The minimum Gasteiger partial charge on any atom is -0.341 e. The summed E-state index contributed by atoms with van der Waals surface area (Å²) in [5.41, 5.74) is 2.77. The molecule has 1 saturated heterocycles. The van der Waals surface area contributed by atoms with Crippen LogP contribution in [0.4, 0.5) is 16.4 Å². The Morgan fingerprint density at radius 3 is 2.60 bits per heavy atom. The van der Waals surface area contributed by atoms with Crippen molar-refractivity contribution in [3.05, 3.63) is 29.3 Å². The van der Waals surface area contributed by atoms with Crippen LogP contribution in [-0.2, 0) is 4.79 Å². The first-order valence-electron chi connectivity index (χ1n) is 10.5. The predicted molar refractivity (Wildman–Crippen MR) is 118 cm³/mol. The van der Waals surface area contributed by atoms with E-state index in [4.69, 9.17) is 0 Å². The number of rotatable bonds is 6. The molecule has 4 rings (SSSR count). The molecule has 0 atom stereocenters. The van der Waals surface area contributed by atoms with Gasteiger partial charge in [0.2, 0.25) is 11.9 Å². The Morgan fingerprint density at radius 1 is 1.13 bits per heavy atom. The molecular weight excluding hydrogens is 400 g/mol. The molecule has 3 amide bonds. The van der Waals surface area contributed by atoms with Crippen LogP contribution in [0.2, 0.25) is 0 Å². The Morgan fingerprint density at radius 2 is 1.90 bits per heavy atom. The van der Waals surface area contributed by atoms with Gasteiger partial charge in [0, 0.05) is 24.8 Å². The van der Waals surface area contributed by atoms with Crippen LogP contribution in [0.5, 0.6) is 0 Å². The predicted octanol–water partition coefficient (Wildman–Crippen LogP) is 3.66. The first kappa shape index (κ1) is 20.7. The molecule has 2 aliphatic rings. The minimum absolute atomic E-state index is 0.116. The van der Waals surface area contributed by atoms with Crippen LogP contribution in [0.3, 0.4) is 0 Å². The summed E-state index contributed by atoms with van der Waals surface area (Å²) in [6.45, 7) is 5.93. The molecule has 0 spiro atoms. The minimum atomic E-state index is -0.523. The van der Waals surface area contributed by atoms with Gasteiger partial charge in [-0.3, -0.25) is 14.7 Å². The Labute approximate surface area is 180 Å².